The number of nitrogens with zero attached hydrogens (tertiary/aromatic N) is 2. The van der Waals surface area contributed by atoms with E-state index in [-0.39, 0.29) is 11.8 Å². The molecule has 1 atom stereocenters. The smallest absolute Gasteiger partial charge is 0.228 e. The Kier molecular flexibility index (Phi) is 3.21. The summed E-state index contributed by atoms with van der Waals surface area (Å²) in [5.41, 5.74) is 3.11. The Balaban J connectivity index is 2.42. The van der Waals surface area contributed by atoms with Crippen molar-refractivity contribution in [1.82, 2.24) is 0 Å². The van der Waals surface area contributed by atoms with Gasteiger partial charge in [-0.3, -0.25) is 4.79 Å². The molecule has 0 spiro atoms. The molecule has 1 unspecified atom stereocenters. The first kappa shape index (κ1) is 12.1. The Morgan fingerprint density at radius 3 is 2.71 bits per heavy atom. The number of nitriles is 1. The number of rotatable bonds is 1. The molecule has 3 nitrogen and oxygen atoms in total. The molecule has 1 saturated heterocycles. The van der Waals surface area contributed by atoms with Crippen molar-refractivity contribution in [1.29, 1.82) is 5.26 Å². The molecule has 4 heteroatoms. The van der Waals surface area contributed by atoms with Gasteiger partial charge in [-0.1, -0.05) is 6.07 Å². The molecular formula is C13H13BrN2O. The monoisotopic (exact) mass is 292 g/mol. The van der Waals surface area contributed by atoms with Crippen molar-refractivity contribution in [3.63, 3.8) is 0 Å². The lowest BCUT2D eigenvalue weighted by Gasteiger charge is -2.20. The van der Waals surface area contributed by atoms with Gasteiger partial charge in [-0.05, 0) is 47.0 Å². The molecule has 2 rings (SSSR count). The maximum absolute atomic E-state index is 11.9. The Bertz CT molecular complexity index is 496. The van der Waals surface area contributed by atoms with E-state index in [1.807, 2.05) is 26.0 Å². The van der Waals surface area contributed by atoms with Gasteiger partial charge < -0.3 is 4.90 Å². The first-order chi connectivity index (χ1) is 8.02. The molecule has 1 aromatic carbocycles. The summed E-state index contributed by atoms with van der Waals surface area (Å²) < 4.78 is 0.918. The van der Waals surface area contributed by atoms with Crippen LogP contribution in [0.3, 0.4) is 0 Å². The van der Waals surface area contributed by atoms with Gasteiger partial charge in [-0.2, -0.15) is 5.26 Å². The summed E-state index contributed by atoms with van der Waals surface area (Å²) in [6, 6.07) is 6.21. The molecule has 0 N–H and O–H groups in total. The first-order valence-corrected chi connectivity index (χ1v) is 6.29. The lowest BCUT2D eigenvalue weighted by molar-refractivity contribution is -0.117. The molecule has 0 aromatic heterocycles. The number of hydrogen-bond donors (Lipinski definition) is 0. The van der Waals surface area contributed by atoms with Gasteiger partial charge in [0, 0.05) is 17.4 Å². The zero-order valence-electron chi connectivity index (χ0n) is 9.83. The third-order valence-corrected chi connectivity index (χ3v) is 3.58. The summed E-state index contributed by atoms with van der Waals surface area (Å²) in [4.78, 5) is 13.6. The van der Waals surface area contributed by atoms with E-state index in [4.69, 9.17) is 5.26 Å². The largest absolute Gasteiger partial charge is 0.310 e. The molecule has 1 heterocycles. The molecule has 1 fully saturated rings. The van der Waals surface area contributed by atoms with Crippen LogP contribution in [0.25, 0.3) is 0 Å². The minimum Gasteiger partial charge on any atom is -0.310 e. The average Bonchev–Trinajstić information content (AvgIpc) is 2.59. The summed E-state index contributed by atoms with van der Waals surface area (Å²) in [7, 11) is 0. The highest BCUT2D eigenvalue weighted by molar-refractivity contribution is 9.10. The van der Waals surface area contributed by atoms with Crippen LogP contribution in [0.15, 0.2) is 16.6 Å². The van der Waals surface area contributed by atoms with E-state index >= 15 is 0 Å². The lowest BCUT2D eigenvalue weighted by Crippen LogP contribution is -2.25. The van der Waals surface area contributed by atoms with E-state index in [1.54, 1.807) is 4.90 Å². The molecule has 1 aromatic rings. The zero-order chi connectivity index (χ0) is 12.6. The predicted octanol–water partition coefficient (Wildman–Crippen LogP) is 2.94. The first-order valence-electron chi connectivity index (χ1n) is 5.49. The summed E-state index contributed by atoms with van der Waals surface area (Å²) in [6.45, 7) is 4.50. The van der Waals surface area contributed by atoms with Crippen LogP contribution in [0.1, 0.15) is 17.5 Å². The number of amides is 1. The molecule has 88 valence electrons. The molecule has 0 bridgehead atoms. The molecule has 0 saturated carbocycles. The molecular weight excluding hydrogens is 280 g/mol. The van der Waals surface area contributed by atoms with Crippen LogP contribution in [0.4, 0.5) is 5.69 Å². The van der Waals surface area contributed by atoms with Crippen LogP contribution in [-0.4, -0.2) is 12.5 Å². The van der Waals surface area contributed by atoms with E-state index in [0.717, 1.165) is 21.3 Å². The molecule has 17 heavy (non-hydrogen) atoms. The zero-order valence-corrected chi connectivity index (χ0v) is 11.4. The molecule has 1 amide bonds. The predicted molar refractivity (Wildman–Crippen MR) is 69.7 cm³/mol. The fourth-order valence-corrected chi connectivity index (χ4v) is 3.15. The Labute approximate surface area is 109 Å². The third kappa shape index (κ3) is 2.20. The normalized spacial score (nSPS) is 19.5. The second kappa shape index (κ2) is 4.50. The second-order valence-electron chi connectivity index (χ2n) is 4.45. The standard InChI is InChI=1S/C13H13BrN2O/c1-8-3-9(2)13(11(14)4-8)16-7-10(6-15)5-12(16)17/h3-4,10H,5,7H2,1-2H3. The van der Waals surface area contributed by atoms with Crippen LogP contribution in [0.2, 0.25) is 0 Å². The summed E-state index contributed by atoms with van der Waals surface area (Å²) >= 11 is 3.50. The van der Waals surface area contributed by atoms with Crippen LogP contribution >= 0.6 is 15.9 Å². The van der Waals surface area contributed by atoms with Crippen molar-refractivity contribution in [2.45, 2.75) is 20.3 Å². The Hall–Kier alpha value is -1.34. The summed E-state index contributed by atoms with van der Waals surface area (Å²) in [5.74, 6) is -0.153. The van der Waals surface area contributed by atoms with E-state index in [2.05, 4.69) is 22.0 Å². The summed E-state index contributed by atoms with van der Waals surface area (Å²) in [5, 5.41) is 8.89. The minimum absolute atomic E-state index is 0.0317. The van der Waals surface area contributed by atoms with E-state index in [0.29, 0.717) is 13.0 Å². The van der Waals surface area contributed by atoms with Crippen molar-refractivity contribution >= 4 is 27.5 Å². The van der Waals surface area contributed by atoms with Crippen LogP contribution in [-0.2, 0) is 4.79 Å². The van der Waals surface area contributed by atoms with E-state index in [1.165, 1.54) is 0 Å². The maximum atomic E-state index is 11.9. The van der Waals surface area contributed by atoms with Crippen molar-refractivity contribution in [2.75, 3.05) is 11.4 Å². The van der Waals surface area contributed by atoms with Gasteiger partial charge in [-0.25, -0.2) is 0 Å². The molecule has 1 aliphatic rings. The number of benzene rings is 1. The average molecular weight is 293 g/mol. The number of carbonyl (C=O) groups excluding carboxylic acids is 1. The highest BCUT2D eigenvalue weighted by Gasteiger charge is 2.32. The lowest BCUT2D eigenvalue weighted by atomic mass is 10.1. The van der Waals surface area contributed by atoms with Gasteiger partial charge in [0.05, 0.1) is 17.7 Å². The van der Waals surface area contributed by atoms with E-state index < -0.39 is 0 Å². The number of carbonyl (C=O) groups is 1. The van der Waals surface area contributed by atoms with Gasteiger partial charge in [0.1, 0.15) is 0 Å². The molecule has 0 radical (unpaired) electrons. The number of anilines is 1. The topological polar surface area (TPSA) is 44.1 Å². The minimum atomic E-state index is -0.185. The summed E-state index contributed by atoms with van der Waals surface area (Å²) in [6.07, 6.45) is 0.330. The van der Waals surface area contributed by atoms with Crippen LogP contribution in [0.5, 0.6) is 0 Å². The maximum Gasteiger partial charge on any atom is 0.228 e. The number of aryl methyl sites for hydroxylation is 2. The third-order valence-electron chi connectivity index (χ3n) is 2.98. The highest BCUT2D eigenvalue weighted by atomic mass is 79.9. The fraction of sp³-hybridized carbons (Fsp3) is 0.385. The van der Waals surface area contributed by atoms with Crippen LogP contribution in [0, 0.1) is 31.1 Å². The van der Waals surface area contributed by atoms with Gasteiger partial charge >= 0.3 is 0 Å². The molecule has 0 aliphatic carbocycles. The van der Waals surface area contributed by atoms with E-state index in [9.17, 15) is 4.79 Å². The fourth-order valence-electron chi connectivity index (χ4n) is 2.26. The number of hydrogen-bond acceptors (Lipinski definition) is 2. The SMILES string of the molecule is Cc1cc(C)c(N2CC(C#N)CC2=O)c(Br)c1. The Morgan fingerprint density at radius 2 is 2.18 bits per heavy atom. The Morgan fingerprint density at radius 1 is 1.47 bits per heavy atom. The van der Waals surface area contributed by atoms with Crippen molar-refractivity contribution in [3.8, 4) is 6.07 Å². The quantitative estimate of drug-likeness (QED) is 0.799. The van der Waals surface area contributed by atoms with Crippen molar-refractivity contribution in [2.24, 2.45) is 5.92 Å². The van der Waals surface area contributed by atoms with Crippen molar-refractivity contribution < 1.29 is 4.79 Å². The van der Waals surface area contributed by atoms with Crippen molar-refractivity contribution in [3.05, 3.63) is 27.7 Å². The van der Waals surface area contributed by atoms with Gasteiger partial charge in [0.2, 0.25) is 5.91 Å². The van der Waals surface area contributed by atoms with Gasteiger partial charge in [0.25, 0.3) is 0 Å². The molecule has 1 aliphatic heterocycles. The highest BCUT2D eigenvalue weighted by Crippen LogP contribution is 2.35. The second-order valence-corrected chi connectivity index (χ2v) is 5.30. The van der Waals surface area contributed by atoms with Gasteiger partial charge in [-0.15, -0.1) is 0 Å². The number of halogens is 1. The van der Waals surface area contributed by atoms with Crippen LogP contribution < -0.4 is 4.90 Å². The van der Waals surface area contributed by atoms with Gasteiger partial charge in [0.15, 0.2) is 0 Å².